The van der Waals surface area contributed by atoms with Crippen molar-refractivity contribution in [2.75, 3.05) is 13.2 Å². The number of amides is 3. The molecule has 2 N–H and O–H groups in total. The standard InChI is InChI=1S/C18H18N2O4/c1-12-6-8-13(9-7-12)17(21)20-18(22)19-10-14-11-23-15-4-2-3-5-16(15)24-14/h2-9,14H,10-11H2,1H3,(H2,19,20,21,22)/t14-/m0/s1. The summed E-state index contributed by atoms with van der Waals surface area (Å²) < 4.78 is 11.3. The van der Waals surface area contributed by atoms with Gasteiger partial charge in [-0.1, -0.05) is 29.8 Å². The van der Waals surface area contributed by atoms with Crippen LogP contribution in [0.5, 0.6) is 11.5 Å². The molecule has 1 atom stereocenters. The van der Waals surface area contributed by atoms with Crippen LogP contribution in [-0.2, 0) is 0 Å². The monoisotopic (exact) mass is 326 g/mol. The van der Waals surface area contributed by atoms with Crippen LogP contribution < -0.4 is 20.1 Å². The molecule has 0 bridgehead atoms. The Morgan fingerprint density at radius 2 is 1.79 bits per heavy atom. The number of nitrogens with one attached hydrogen (secondary N) is 2. The topological polar surface area (TPSA) is 76.7 Å². The van der Waals surface area contributed by atoms with Crippen LogP contribution in [0, 0.1) is 6.92 Å². The third-order valence-electron chi connectivity index (χ3n) is 3.60. The van der Waals surface area contributed by atoms with Crippen LogP contribution in [-0.4, -0.2) is 31.2 Å². The minimum Gasteiger partial charge on any atom is -0.486 e. The quantitative estimate of drug-likeness (QED) is 0.907. The number of imide groups is 1. The lowest BCUT2D eigenvalue weighted by Crippen LogP contribution is -2.46. The zero-order chi connectivity index (χ0) is 16.9. The molecule has 1 aliphatic rings. The second-order valence-corrected chi connectivity index (χ2v) is 5.53. The van der Waals surface area contributed by atoms with E-state index in [9.17, 15) is 9.59 Å². The maximum Gasteiger partial charge on any atom is 0.321 e. The molecule has 2 aromatic carbocycles. The molecule has 24 heavy (non-hydrogen) atoms. The summed E-state index contributed by atoms with van der Waals surface area (Å²) in [6.45, 7) is 2.50. The number of hydrogen-bond acceptors (Lipinski definition) is 4. The number of aryl methyl sites for hydroxylation is 1. The lowest BCUT2D eigenvalue weighted by Gasteiger charge is -2.26. The van der Waals surface area contributed by atoms with Gasteiger partial charge in [0.15, 0.2) is 17.6 Å². The zero-order valence-electron chi connectivity index (χ0n) is 13.2. The Balaban J connectivity index is 1.48. The summed E-state index contributed by atoms with van der Waals surface area (Å²) in [4.78, 5) is 23.8. The maximum atomic E-state index is 12.0. The highest BCUT2D eigenvalue weighted by Crippen LogP contribution is 2.30. The molecule has 6 heteroatoms. The first-order chi connectivity index (χ1) is 11.6. The fraction of sp³-hybridized carbons (Fsp3) is 0.222. The summed E-state index contributed by atoms with van der Waals surface area (Å²) >= 11 is 0. The number of fused-ring (bicyclic) bond motifs is 1. The largest absolute Gasteiger partial charge is 0.486 e. The van der Waals surface area contributed by atoms with E-state index in [1.165, 1.54) is 0 Å². The molecule has 0 aromatic heterocycles. The van der Waals surface area contributed by atoms with Gasteiger partial charge in [0.2, 0.25) is 0 Å². The van der Waals surface area contributed by atoms with Gasteiger partial charge in [-0.15, -0.1) is 0 Å². The first-order valence-corrected chi connectivity index (χ1v) is 7.66. The Morgan fingerprint density at radius 3 is 2.54 bits per heavy atom. The van der Waals surface area contributed by atoms with Crippen molar-refractivity contribution in [3.8, 4) is 11.5 Å². The maximum absolute atomic E-state index is 12.0. The molecule has 0 fully saturated rings. The normalized spacial score (nSPS) is 15.5. The smallest absolute Gasteiger partial charge is 0.321 e. The molecule has 3 amide bonds. The first kappa shape index (κ1) is 15.9. The van der Waals surface area contributed by atoms with Crippen LogP contribution in [0.4, 0.5) is 4.79 Å². The van der Waals surface area contributed by atoms with Gasteiger partial charge in [-0.3, -0.25) is 10.1 Å². The SMILES string of the molecule is Cc1ccc(C(=O)NC(=O)NC[C@H]2COc3ccccc3O2)cc1. The zero-order valence-corrected chi connectivity index (χ0v) is 13.2. The summed E-state index contributed by atoms with van der Waals surface area (Å²) in [6, 6.07) is 13.8. The van der Waals surface area contributed by atoms with Crippen LogP contribution in [0.2, 0.25) is 0 Å². The Hall–Kier alpha value is -3.02. The van der Waals surface area contributed by atoms with Crippen molar-refractivity contribution >= 4 is 11.9 Å². The Kier molecular flexibility index (Phi) is 4.65. The van der Waals surface area contributed by atoms with Crippen LogP contribution >= 0.6 is 0 Å². The molecule has 124 valence electrons. The van der Waals surface area contributed by atoms with E-state index >= 15 is 0 Å². The fourth-order valence-corrected chi connectivity index (χ4v) is 2.29. The molecule has 0 spiro atoms. The molecule has 2 aromatic rings. The Morgan fingerprint density at radius 1 is 1.08 bits per heavy atom. The molecule has 0 aliphatic carbocycles. The van der Waals surface area contributed by atoms with E-state index in [2.05, 4.69) is 10.6 Å². The van der Waals surface area contributed by atoms with Crippen LogP contribution in [0.15, 0.2) is 48.5 Å². The van der Waals surface area contributed by atoms with Gasteiger partial charge in [-0.25, -0.2) is 4.79 Å². The van der Waals surface area contributed by atoms with Gasteiger partial charge in [0.1, 0.15) is 6.61 Å². The second-order valence-electron chi connectivity index (χ2n) is 5.53. The molecular weight excluding hydrogens is 308 g/mol. The van der Waals surface area contributed by atoms with E-state index in [-0.39, 0.29) is 12.6 Å². The molecule has 1 heterocycles. The third kappa shape index (κ3) is 3.84. The number of rotatable bonds is 3. The van der Waals surface area contributed by atoms with Crippen molar-refractivity contribution in [1.82, 2.24) is 10.6 Å². The first-order valence-electron chi connectivity index (χ1n) is 7.66. The highest BCUT2D eigenvalue weighted by Gasteiger charge is 2.21. The molecule has 1 aliphatic heterocycles. The molecule has 3 rings (SSSR count). The molecule has 0 saturated carbocycles. The van der Waals surface area contributed by atoms with Gasteiger partial charge < -0.3 is 14.8 Å². The van der Waals surface area contributed by atoms with Crippen molar-refractivity contribution in [2.45, 2.75) is 13.0 Å². The van der Waals surface area contributed by atoms with E-state index in [0.29, 0.717) is 23.7 Å². The number of para-hydroxylation sites is 2. The average Bonchev–Trinajstić information content (AvgIpc) is 2.60. The lowest BCUT2D eigenvalue weighted by atomic mass is 10.1. The van der Waals surface area contributed by atoms with Crippen LogP contribution in [0.3, 0.4) is 0 Å². The Labute approximate surface area is 139 Å². The average molecular weight is 326 g/mol. The summed E-state index contributed by atoms with van der Waals surface area (Å²) in [5, 5.41) is 4.91. The van der Waals surface area contributed by atoms with Crippen LogP contribution in [0.1, 0.15) is 15.9 Å². The van der Waals surface area contributed by atoms with Gasteiger partial charge in [-0.05, 0) is 31.2 Å². The predicted octanol–water partition coefficient (Wildman–Crippen LogP) is 2.27. The van der Waals surface area contributed by atoms with E-state index in [1.54, 1.807) is 12.1 Å². The Bertz CT molecular complexity index is 743. The van der Waals surface area contributed by atoms with Gasteiger partial charge in [0.05, 0.1) is 6.54 Å². The summed E-state index contributed by atoms with van der Waals surface area (Å²) in [5.41, 5.74) is 1.48. The minimum absolute atomic E-state index is 0.237. The second kappa shape index (κ2) is 7.04. The van der Waals surface area contributed by atoms with Crippen molar-refractivity contribution in [3.63, 3.8) is 0 Å². The van der Waals surface area contributed by atoms with E-state index < -0.39 is 11.9 Å². The predicted molar refractivity (Wildman–Crippen MR) is 88.4 cm³/mol. The van der Waals surface area contributed by atoms with Gasteiger partial charge >= 0.3 is 6.03 Å². The van der Waals surface area contributed by atoms with Crippen molar-refractivity contribution in [2.24, 2.45) is 0 Å². The van der Waals surface area contributed by atoms with Crippen molar-refractivity contribution in [1.29, 1.82) is 0 Å². The highest BCUT2D eigenvalue weighted by molar-refractivity contribution is 6.04. The molecular formula is C18H18N2O4. The van der Waals surface area contributed by atoms with E-state index in [1.807, 2.05) is 43.3 Å². The van der Waals surface area contributed by atoms with Crippen molar-refractivity contribution < 1.29 is 19.1 Å². The summed E-state index contributed by atoms with van der Waals surface area (Å²) in [6.07, 6.45) is -0.305. The molecule has 0 unspecified atom stereocenters. The fourth-order valence-electron chi connectivity index (χ4n) is 2.29. The van der Waals surface area contributed by atoms with Crippen LogP contribution in [0.25, 0.3) is 0 Å². The highest BCUT2D eigenvalue weighted by atomic mass is 16.6. The van der Waals surface area contributed by atoms with Gasteiger partial charge in [0, 0.05) is 5.56 Å². The molecule has 0 saturated heterocycles. The minimum atomic E-state index is -0.567. The van der Waals surface area contributed by atoms with E-state index in [0.717, 1.165) is 5.56 Å². The van der Waals surface area contributed by atoms with Gasteiger partial charge in [-0.2, -0.15) is 0 Å². The number of benzene rings is 2. The number of ether oxygens (including phenoxy) is 2. The molecule has 0 radical (unpaired) electrons. The summed E-state index contributed by atoms with van der Waals surface area (Å²) in [7, 11) is 0. The number of carbonyl (C=O) groups is 2. The lowest BCUT2D eigenvalue weighted by molar-refractivity contribution is 0.0900. The third-order valence-corrected chi connectivity index (χ3v) is 3.60. The number of urea groups is 1. The molecule has 6 nitrogen and oxygen atoms in total. The van der Waals surface area contributed by atoms with Crippen molar-refractivity contribution in [3.05, 3.63) is 59.7 Å². The number of hydrogen-bond donors (Lipinski definition) is 2. The number of carbonyl (C=O) groups excluding carboxylic acids is 2. The summed E-state index contributed by atoms with van der Waals surface area (Å²) in [5.74, 6) is 0.887. The van der Waals surface area contributed by atoms with Gasteiger partial charge in [0.25, 0.3) is 5.91 Å². The van der Waals surface area contributed by atoms with E-state index in [4.69, 9.17) is 9.47 Å².